The lowest BCUT2D eigenvalue weighted by atomic mass is 10.2. The molecule has 0 fully saturated rings. The second-order valence-electron chi connectivity index (χ2n) is 2.74. The number of hydrogen-bond donors (Lipinski definition) is 1. The Balaban J connectivity index is 3.05. The summed E-state index contributed by atoms with van der Waals surface area (Å²) in [4.78, 5) is 3.57. The first-order chi connectivity index (χ1) is 5.99. The summed E-state index contributed by atoms with van der Waals surface area (Å²) in [7, 11) is 1.47. The molecule has 2 N–H and O–H groups in total. The number of nitrogens with zero attached hydrogens (tertiary/aromatic N) is 2. The zero-order chi connectivity index (χ0) is 10.1. The van der Waals surface area contributed by atoms with Crippen molar-refractivity contribution in [3.8, 4) is 0 Å². The normalized spacial score (nSPS) is 12.1. The molecule has 0 saturated carbocycles. The first-order valence-electron chi connectivity index (χ1n) is 3.74. The Kier molecular flexibility index (Phi) is 2.87. The standard InChI is InChI=1S/C7H10ClF2N3/c1-13-4-12-6(8)5(13)7(9,10)2-3-11/h4H,2-3,11H2,1H3. The summed E-state index contributed by atoms with van der Waals surface area (Å²) in [6.07, 6.45) is 0.828. The zero-order valence-corrected chi connectivity index (χ0v) is 7.85. The van der Waals surface area contributed by atoms with Gasteiger partial charge in [0.05, 0.1) is 6.33 Å². The Labute approximate surface area is 79.5 Å². The Morgan fingerprint density at radius 1 is 1.69 bits per heavy atom. The summed E-state index contributed by atoms with van der Waals surface area (Å²) in [5.74, 6) is -3.00. The number of nitrogens with two attached hydrogens (primary N) is 1. The Hall–Kier alpha value is -0.680. The third-order valence-electron chi connectivity index (χ3n) is 1.70. The molecule has 1 aromatic rings. The van der Waals surface area contributed by atoms with Crippen LogP contribution in [-0.2, 0) is 13.0 Å². The summed E-state index contributed by atoms with van der Waals surface area (Å²) in [5, 5.41) is -0.166. The van der Waals surface area contributed by atoms with Gasteiger partial charge in [-0.3, -0.25) is 0 Å². The smallest absolute Gasteiger partial charge is 0.292 e. The van der Waals surface area contributed by atoms with Crippen LogP contribution in [0.25, 0.3) is 0 Å². The molecule has 0 amide bonds. The monoisotopic (exact) mass is 209 g/mol. The summed E-state index contributed by atoms with van der Waals surface area (Å²) in [6.45, 7) is -0.0888. The van der Waals surface area contributed by atoms with Gasteiger partial charge in [0.15, 0.2) is 5.15 Å². The van der Waals surface area contributed by atoms with Crippen LogP contribution >= 0.6 is 11.6 Å². The molecule has 6 heteroatoms. The Bertz CT molecular complexity index is 278. The molecule has 74 valence electrons. The molecule has 0 radical (unpaired) electrons. The van der Waals surface area contributed by atoms with E-state index in [1.807, 2.05) is 0 Å². The summed E-state index contributed by atoms with van der Waals surface area (Å²) < 4.78 is 27.8. The fourth-order valence-electron chi connectivity index (χ4n) is 1.11. The topological polar surface area (TPSA) is 43.8 Å². The van der Waals surface area contributed by atoms with E-state index < -0.39 is 12.3 Å². The zero-order valence-electron chi connectivity index (χ0n) is 7.10. The minimum Gasteiger partial charge on any atom is -0.331 e. The molecule has 1 rings (SSSR count). The van der Waals surface area contributed by atoms with E-state index in [9.17, 15) is 8.78 Å². The maximum atomic E-state index is 13.3. The molecular formula is C7H10ClF2N3. The van der Waals surface area contributed by atoms with E-state index >= 15 is 0 Å². The van der Waals surface area contributed by atoms with E-state index in [0.717, 1.165) is 0 Å². The number of rotatable bonds is 3. The molecule has 3 nitrogen and oxygen atoms in total. The number of alkyl halides is 2. The van der Waals surface area contributed by atoms with E-state index in [4.69, 9.17) is 17.3 Å². The second kappa shape index (κ2) is 3.59. The van der Waals surface area contributed by atoms with Crippen LogP contribution in [0, 0.1) is 0 Å². The molecule has 0 unspecified atom stereocenters. The van der Waals surface area contributed by atoms with Gasteiger partial charge in [-0.2, -0.15) is 8.78 Å². The molecule has 13 heavy (non-hydrogen) atoms. The number of halogens is 3. The van der Waals surface area contributed by atoms with Crippen LogP contribution in [0.4, 0.5) is 8.78 Å². The lowest BCUT2D eigenvalue weighted by Gasteiger charge is -2.15. The second-order valence-corrected chi connectivity index (χ2v) is 3.10. The van der Waals surface area contributed by atoms with Crippen molar-refractivity contribution >= 4 is 11.6 Å². The van der Waals surface area contributed by atoms with Crippen LogP contribution in [0.1, 0.15) is 12.1 Å². The number of imidazole rings is 1. The SMILES string of the molecule is Cn1cnc(Cl)c1C(F)(F)CCN. The largest absolute Gasteiger partial charge is 0.331 e. The van der Waals surface area contributed by atoms with Crippen LogP contribution in [0.15, 0.2) is 6.33 Å². The van der Waals surface area contributed by atoms with Gasteiger partial charge in [-0.15, -0.1) is 0 Å². The average Bonchev–Trinajstić information content (AvgIpc) is 2.31. The molecule has 0 aliphatic heterocycles. The number of hydrogen-bond acceptors (Lipinski definition) is 2. The average molecular weight is 210 g/mol. The van der Waals surface area contributed by atoms with Crippen molar-refractivity contribution < 1.29 is 8.78 Å². The fourth-order valence-corrected chi connectivity index (χ4v) is 1.43. The summed E-state index contributed by atoms with van der Waals surface area (Å²) >= 11 is 5.51. The Morgan fingerprint density at radius 3 is 2.69 bits per heavy atom. The van der Waals surface area contributed by atoms with Crippen molar-refractivity contribution in [1.29, 1.82) is 0 Å². The maximum absolute atomic E-state index is 13.3. The van der Waals surface area contributed by atoms with Gasteiger partial charge in [0, 0.05) is 13.5 Å². The lowest BCUT2D eigenvalue weighted by Crippen LogP contribution is -2.21. The molecule has 0 aromatic carbocycles. The molecule has 1 aromatic heterocycles. The van der Waals surface area contributed by atoms with Crippen molar-refractivity contribution in [2.45, 2.75) is 12.3 Å². The molecule has 0 spiro atoms. The molecule has 0 aliphatic carbocycles. The lowest BCUT2D eigenvalue weighted by molar-refractivity contribution is -0.0177. The van der Waals surface area contributed by atoms with Crippen molar-refractivity contribution in [2.24, 2.45) is 12.8 Å². The highest BCUT2D eigenvalue weighted by Crippen LogP contribution is 2.34. The van der Waals surface area contributed by atoms with Crippen molar-refractivity contribution in [3.05, 3.63) is 17.2 Å². The molecule has 0 bridgehead atoms. The molecule has 1 heterocycles. The maximum Gasteiger partial charge on any atom is 0.292 e. The molecule has 0 atom stereocenters. The predicted octanol–water partition coefficient (Wildman–Crippen LogP) is 1.51. The first-order valence-corrected chi connectivity index (χ1v) is 4.12. The minimum atomic E-state index is -3.00. The van der Waals surface area contributed by atoms with Gasteiger partial charge in [-0.1, -0.05) is 11.6 Å². The number of aryl methyl sites for hydroxylation is 1. The highest BCUT2D eigenvalue weighted by atomic mass is 35.5. The van der Waals surface area contributed by atoms with Crippen molar-refractivity contribution in [1.82, 2.24) is 9.55 Å². The van der Waals surface area contributed by atoms with Crippen molar-refractivity contribution in [3.63, 3.8) is 0 Å². The van der Waals surface area contributed by atoms with Gasteiger partial charge in [-0.05, 0) is 6.54 Å². The molecular weight excluding hydrogens is 200 g/mol. The van der Waals surface area contributed by atoms with Crippen LogP contribution < -0.4 is 5.73 Å². The highest BCUT2D eigenvalue weighted by Gasteiger charge is 2.36. The van der Waals surface area contributed by atoms with E-state index in [2.05, 4.69) is 4.98 Å². The Morgan fingerprint density at radius 2 is 2.31 bits per heavy atom. The van der Waals surface area contributed by atoms with Gasteiger partial charge in [0.25, 0.3) is 5.92 Å². The van der Waals surface area contributed by atoms with Gasteiger partial charge in [0.1, 0.15) is 5.69 Å². The van der Waals surface area contributed by atoms with Crippen LogP contribution in [-0.4, -0.2) is 16.1 Å². The van der Waals surface area contributed by atoms with E-state index in [1.54, 1.807) is 0 Å². The molecule has 0 saturated heterocycles. The van der Waals surface area contributed by atoms with E-state index in [0.29, 0.717) is 0 Å². The van der Waals surface area contributed by atoms with Crippen LogP contribution in [0.3, 0.4) is 0 Å². The third kappa shape index (κ3) is 1.97. The third-order valence-corrected chi connectivity index (χ3v) is 1.97. The van der Waals surface area contributed by atoms with Gasteiger partial charge in [-0.25, -0.2) is 4.98 Å². The first kappa shape index (κ1) is 10.4. The minimum absolute atomic E-state index is 0.0888. The predicted molar refractivity (Wildman–Crippen MR) is 45.8 cm³/mol. The van der Waals surface area contributed by atoms with Crippen LogP contribution in [0.5, 0.6) is 0 Å². The van der Waals surface area contributed by atoms with Gasteiger partial charge in [0.2, 0.25) is 0 Å². The highest BCUT2D eigenvalue weighted by molar-refractivity contribution is 6.30. The van der Waals surface area contributed by atoms with Crippen LogP contribution in [0.2, 0.25) is 5.15 Å². The van der Waals surface area contributed by atoms with Gasteiger partial charge >= 0.3 is 0 Å². The van der Waals surface area contributed by atoms with Crippen molar-refractivity contribution in [2.75, 3.05) is 6.54 Å². The summed E-state index contributed by atoms with van der Waals surface area (Å²) in [6, 6.07) is 0. The number of aromatic nitrogens is 2. The van der Waals surface area contributed by atoms with E-state index in [-0.39, 0.29) is 17.4 Å². The summed E-state index contributed by atoms with van der Waals surface area (Å²) in [5.41, 5.74) is 4.79. The van der Waals surface area contributed by atoms with Gasteiger partial charge < -0.3 is 10.3 Å². The molecule has 0 aliphatic rings. The quantitative estimate of drug-likeness (QED) is 0.820. The fraction of sp³-hybridized carbons (Fsp3) is 0.571. The van der Waals surface area contributed by atoms with E-state index in [1.165, 1.54) is 17.9 Å².